The molecule has 0 fully saturated rings. The van der Waals surface area contributed by atoms with Crippen LogP contribution in [0, 0.1) is 0 Å². The zero-order chi connectivity index (χ0) is 15.5. The average Bonchev–Trinajstić information content (AvgIpc) is 2.47. The van der Waals surface area contributed by atoms with Gasteiger partial charge in [0.1, 0.15) is 0 Å². The van der Waals surface area contributed by atoms with E-state index in [2.05, 4.69) is 12.2 Å². The van der Waals surface area contributed by atoms with Gasteiger partial charge in [0, 0.05) is 19.6 Å². The van der Waals surface area contributed by atoms with E-state index < -0.39 is 0 Å². The third kappa shape index (κ3) is 19.7. The highest BCUT2D eigenvalue weighted by atomic mass is 16.5. The molecule has 5 heteroatoms. The summed E-state index contributed by atoms with van der Waals surface area (Å²) in [4.78, 5) is 11.1. The summed E-state index contributed by atoms with van der Waals surface area (Å²) in [5.74, 6) is 0.0884. The summed E-state index contributed by atoms with van der Waals surface area (Å²) in [5.41, 5.74) is 0. The lowest BCUT2D eigenvalue weighted by Gasteiger charge is -2.07. The first kappa shape index (κ1) is 21.6. The Morgan fingerprint density at radius 1 is 0.800 bits per heavy atom. The quantitative estimate of drug-likeness (QED) is 0.529. The highest BCUT2D eigenvalue weighted by Crippen LogP contribution is 1.85. The number of hydrogen-bond donors (Lipinski definition) is 1. The van der Waals surface area contributed by atoms with Gasteiger partial charge in [-0.2, -0.15) is 0 Å². The predicted octanol–water partition coefficient (Wildman–Crippen LogP) is 2.39. The Balaban J connectivity index is 0. The van der Waals surface area contributed by atoms with Crippen LogP contribution in [-0.4, -0.2) is 52.1 Å². The molecule has 0 atom stereocenters. The van der Waals surface area contributed by atoms with Crippen LogP contribution in [0.3, 0.4) is 0 Å². The molecule has 0 heterocycles. The molecular weight excluding hydrogens is 258 g/mol. The van der Waals surface area contributed by atoms with E-state index in [1.54, 1.807) is 0 Å². The fourth-order valence-electron chi connectivity index (χ4n) is 1.26. The number of amides is 1. The SMILES string of the molecule is CC.CCCOCCOCCOCCNC(=O)CCC. The van der Waals surface area contributed by atoms with Gasteiger partial charge in [-0.15, -0.1) is 0 Å². The Kier molecular flexibility index (Phi) is 22.4. The standard InChI is InChI=1S/C13H27NO4.C2H6/c1-3-5-13(15)14-6-8-17-10-12-18-11-9-16-7-4-2;1-2/h3-12H2,1-2H3,(H,14,15);1-2H3. The summed E-state index contributed by atoms with van der Waals surface area (Å²) in [6.07, 6.45) is 2.49. The molecule has 0 aromatic carbocycles. The fraction of sp³-hybridized carbons (Fsp3) is 0.933. The third-order valence-electron chi connectivity index (χ3n) is 2.14. The van der Waals surface area contributed by atoms with Crippen molar-refractivity contribution >= 4 is 5.91 Å². The van der Waals surface area contributed by atoms with E-state index >= 15 is 0 Å². The van der Waals surface area contributed by atoms with Crippen molar-refractivity contribution in [3.63, 3.8) is 0 Å². The van der Waals surface area contributed by atoms with Crippen LogP contribution < -0.4 is 5.32 Å². The number of carbonyl (C=O) groups excluding carboxylic acids is 1. The van der Waals surface area contributed by atoms with Crippen LogP contribution in [0.15, 0.2) is 0 Å². The summed E-state index contributed by atoms with van der Waals surface area (Å²) in [5, 5.41) is 2.78. The molecule has 1 amide bonds. The van der Waals surface area contributed by atoms with Crippen LogP contribution >= 0.6 is 0 Å². The molecule has 1 N–H and O–H groups in total. The minimum atomic E-state index is 0.0884. The first-order valence-electron chi connectivity index (χ1n) is 7.81. The summed E-state index contributed by atoms with van der Waals surface area (Å²) < 4.78 is 15.9. The molecular formula is C15H33NO4. The van der Waals surface area contributed by atoms with E-state index in [1.807, 2.05) is 20.8 Å². The Morgan fingerprint density at radius 3 is 1.80 bits per heavy atom. The first-order valence-corrected chi connectivity index (χ1v) is 7.81. The molecule has 0 saturated carbocycles. The summed E-state index contributed by atoms with van der Waals surface area (Å²) in [6, 6.07) is 0. The van der Waals surface area contributed by atoms with E-state index in [1.165, 1.54) is 0 Å². The van der Waals surface area contributed by atoms with Gasteiger partial charge < -0.3 is 19.5 Å². The minimum absolute atomic E-state index is 0.0884. The van der Waals surface area contributed by atoms with E-state index in [4.69, 9.17) is 14.2 Å². The summed E-state index contributed by atoms with van der Waals surface area (Å²) >= 11 is 0. The van der Waals surface area contributed by atoms with Crippen LogP contribution in [0.2, 0.25) is 0 Å². The molecule has 0 aliphatic carbocycles. The van der Waals surface area contributed by atoms with Gasteiger partial charge in [-0.25, -0.2) is 0 Å². The van der Waals surface area contributed by atoms with E-state index in [-0.39, 0.29) is 5.91 Å². The van der Waals surface area contributed by atoms with E-state index in [9.17, 15) is 4.79 Å². The first-order chi connectivity index (χ1) is 9.81. The second-order valence-electron chi connectivity index (χ2n) is 3.94. The summed E-state index contributed by atoms with van der Waals surface area (Å²) in [6.45, 7) is 12.3. The van der Waals surface area contributed by atoms with Gasteiger partial charge >= 0.3 is 0 Å². The largest absolute Gasteiger partial charge is 0.379 e. The number of hydrogen-bond acceptors (Lipinski definition) is 4. The molecule has 0 unspecified atom stereocenters. The Bertz CT molecular complexity index is 189. The zero-order valence-electron chi connectivity index (χ0n) is 13.7. The van der Waals surface area contributed by atoms with Crippen molar-refractivity contribution in [3.8, 4) is 0 Å². The van der Waals surface area contributed by atoms with Crippen molar-refractivity contribution < 1.29 is 19.0 Å². The predicted molar refractivity (Wildman–Crippen MR) is 82.0 cm³/mol. The molecule has 0 aliphatic rings. The lowest BCUT2D eigenvalue weighted by atomic mass is 10.3. The number of nitrogens with one attached hydrogen (secondary N) is 1. The van der Waals surface area contributed by atoms with Crippen molar-refractivity contribution in [2.24, 2.45) is 0 Å². The maximum Gasteiger partial charge on any atom is 0.220 e. The van der Waals surface area contributed by atoms with Crippen molar-refractivity contribution in [2.75, 3.05) is 46.2 Å². The second-order valence-corrected chi connectivity index (χ2v) is 3.94. The molecule has 0 aromatic rings. The molecule has 122 valence electrons. The second kappa shape index (κ2) is 20.7. The fourth-order valence-corrected chi connectivity index (χ4v) is 1.26. The van der Waals surface area contributed by atoms with Gasteiger partial charge in [0.25, 0.3) is 0 Å². The van der Waals surface area contributed by atoms with Gasteiger partial charge in [-0.3, -0.25) is 4.79 Å². The number of rotatable bonds is 13. The van der Waals surface area contributed by atoms with Crippen LogP contribution in [0.4, 0.5) is 0 Å². The number of carbonyl (C=O) groups is 1. The average molecular weight is 291 g/mol. The minimum Gasteiger partial charge on any atom is -0.379 e. The van der Waals surface area contributed by atoms with Crippen molar-refractivity contribution in [3.05, 3.63) is 0 Å². The van der Waals surface area contributed by atoms with Crippen molar-refractivity contribution in [1.29, 1.82) is 0 Å². The zero-order valence-corrected chi connectivity index (χ0v) is 13.7. The smallest absolute Gasteiger partial charge is 0.220 e. The van der Waals surface area contributed by atoms with Crippen molar-refractivity contribution in [2.45, 2.75) is 47.0 Å². The van der Waals surface area contributed by atoms with Gasteiger partial charge in [0.05, 0.1) is 33.0 Å². The van der Waals surface area contributed by atoms with Gasteiger partial charge in [0.2, 0.25) is 5.91 Å². The lowest BCUT2D eigenvalue weighted by Crippen LogP contribution is -2.27. The molecule has 20 heavy (non-hydrogen) atoms. The Morgan fingerprint density at radius 2 is 1.30 bits per heavy atom. The maximum absolute atomic E-state index is 11.1. The summed E-state index contributed by atoms with van der Waals surface area (Å²) in [7, 11) is 0. The molecule has 0 radical (unpaired) electrons. The van der Waals surface area contributed by atoms with Gasteiger partial charge in [0.15, 0.2) is 0 Å². The monoisotopic (exact) mass is 291 g/mol. The molecule has 0 rings (SSSR count). The molecule has 0 bridgehead atoms. The number of ether oxygens (including phenoxy) is 3. The van der Waals surface area contributed by atoms with Crippen LogP contribution in [-0.2, 0) is 19.0 Å². The molecule has 0 saturated heterocycles. The van der Waals surface area contributed by atoms with Crippen molar-refractivity contribution in [1.82, 2.24) is 5.32 Å². The molecule has 5 nitrogen and oxygen atoms in total. The van der Waals surface area contributed by atoms with Crippen LogP contribution in [0.1, 0.15) is 47.0 Å². The normalized spacial score (nSPS) is 9.80. The lowest BCUT2D eigenvalue weighted by molar-refractivity contribution is -0.121. The molecule has 0 spiro atoms. The third-order valence-corrected chi connectivity index (χ3v) is 2.14. The maximum atomic E-state index is 11.1. The molecule has 0 aliphatic heterocycles. The Labute approximate surface area is 124 Å². The van der Waals surface area contributed by atoms with Crippen LogP contribution in [0.25, 0.3) is 0 Å². The van der Waals surface area contributed by atoms with Gasteiger partial charge in [-0.05, 0) is 12.8 Å². The molecule has 0 aromatic heterocycles. The van der Waals surface area contributed by atoms with E-state index in [0.29, 0.717) is 46.0 Å². The highest BCUT2D eigenvalue weighted by Gasteiger charge is 1.97. The van der Waals surface area contributed by atoms with E-state index in [0.717, 1.165) is 19.4 Å². The Hall–Kier alpha value is -0.650. The van der Waals surface area contributed by atoms with Crippen LogP contribution in [0.5, 0.6) is 0 Å². The topological polar surface area (TPSA) is 56.8 Å². The highest BCUT2D eigenvalue weighted by molar-refractivity contribution is 5.75. The van der Waals surface area contributed by atoms with Gasteiger partial charge in [-0.1, -0.05) is 27.7 Å².